The second kappa shape index (κ2) is 6.91. The predicted molar refractivity (Wildman–Crippen MR) is 94.6 cm³/mol. The van der Waals surface area contributed by atoms with Crippen LogP contribution in [0.25, 0.3) is 0 Å². The summed E-state index contributed by atoms with van der Waals surface area (Å²) in [5, 5.41) is 2.61. The van der Waals surface area contributed by atoms with Crippen molar-refractivity contribution in [2.24, 2.45) is 5.92 Å². The maximum atomic E-state index is 13.2. The van der Waals surface area contributed by atoms with E-state index in [1.165, 1.54) is 18.2 Å². The lowest BCUT2D eigenvalue weighted by Crippen LogP contribution is -2.28. The van der Waals surface area contributed by atoms with Crippen molar-refractivity contribution in [3.63, 3.8) is 0 Å². The molecule has 0 aliphatic carbocycles. The molecule has 24 heavy (non-hydrogen) atoms. The number of nitrogens with one attached hydrogen (secondary N) is 1. The second-order valence-corrected chi connectivity index (χ2v) is 6.82. The highest BCUT2D eigenvalue weighted by Gasteiger charge is 2.35. The summed E-state index contributed by atoms with van der Waals surface area (Å²) >= 11 is 9.05. The van der Waals surface area contributed by atoms with E-state index in [0.29, 0.717) is 12.2 Å². The summed E-state index contributed by atoms with van der Waals surface area (Å²) in [6.07, 6.45) is 0.136. The molecule has 7 heteroatoms. The lowest BCUT2D eigenvalue weighted by molar-refractivity contribution is -0.122. The van der Waals surface area contributed by atoms with Gasteiger partial charge in [-0.05, 0) is 42.5 Å². The highest BCUT2D eigenvalue weighted by molar-refractivity contribution is 9.10. The van der Waals surface area contributed by atoms with Gasteiger partial charge in [0.25, 0.3) is 0 Å². The summed E-state index contributed by atoms with van der Waals surface area (Å²) < 4.78 is 14.1. The van der Waals surface area contributed by atoms with E-state index in [0.717, 1.165) is 10.2 Å². The molecule has 0 radical (unpaired) electrons. The first kappa shape index (κ1) is 16.9. The molecule has 1 aliphatic rings. The van der Waals surface area contributed by atoms with E-state index in [4.69, 9.17) is 11.6 Å². The van der Waals surface area contributed by atoms with Crippen molar-refractivity contribution in [1.29, 1.82) is 0 Å². The van der Waals surface area contributed by atoms with Gasteiger partial charge in [0.1, 0.15) is 5.82 Å². The first-order valence-corrected chi connectivity index (χ1v) is 8.43. The number of hydrogen-bond donors (Lipinski definition) is 1. The molecule has 0 spiro atoms. The minimum Gasteiger partial charge on any atom is -0.326 e. The standard InChI is InChI=1S/C17H13BrClFN2O2/c18-11-1-4-13(5-2-11)22-9-10(7-16(22)23)17(24)21-12-3-6-15(20)14(19)8-12/h1-6,8,10H,7,9H2,(H,21,24)/t10-/m1/s1. The van der Waals surface area contributed by atoms with Crippen LogP contribution in [0.3, 0.4) is 0 Å². The topological polar surface area (TPSA) is 49.4 Å². The Morgan fingerprint density at radius 1 is 1.25 bits per heavy atom. The van der Waals surface area contributed by atoms with Gasteiger partial charge in [0.15, 0.2) is 0 Å². The molecule has 1 heterocycles. The van der Waals surface area contributed by atoms with Gasteiger partial charge in [-0.2, -0.15) is 0 Å². The Labute approximate surface area is 151 Å². The first-order valence-electron chi connectivity index (χ1n) is 7.26. The summed E-state index contributed by atoms with van der Waals surface area (Å²) in [6.45, 7) is 0.307. The Balaban J connectivity index is 1.69. The van der Waals surface area contributed by atoms with Crippen LogP contribution < -0.4 is 10.2 Å². The fraction of sp³-hybridized carbons (Fsp3) is 0.176. The maximum absolute atomic E-state index is 13.2. The van der Waals surface area contributed by atoms with E-state index < -0.39 is 11.7 Å². The Morgan fingerprint density at radius 2 is 1.96 bits per heavy atom. The number of benzene rings is 2. The average molecular weight is 412 g/mol. The molecule has 1 atom stereocenters. The molecule has 0 aromatic heterocycles. The average Bonchev–Trinajstić information content (AvgIpc) is 2.94. The van der Waals surface area contributed by atoms with Crippen LogP contribution in [-0.2, 0) is 9.59 Å². The van der Waals surface area contributed by atoms with Gasteiger partial charge in [-0.1, -0.05) is 27.5 Å². The second-order valence-electron chi connectivity index (χ2n) is 5.50. The Kier molecular flexibility index (Phi) is 4.87. The van der Waals surface area contributed by atoms with E-state index in [9.17, 15) is 14.0 Å². The van der Waals surface area contributed by atoms with Crippen molar-refractivity contribution >= 4 is 50.7 Å². The molecule has 0 bridgehead atoms. The van der Waals surface area contributed by atoms with Gasteiger partial charge in [-0.15, -0.1) is 0 Å². The van der Waals surface area contributed by atoms with Crippen LogP contribution in [0.2, 0.25) is 5.02 Å². The minimum atomic E-state index is -0.549. The van der Waals surface area contributed by atoms with E-state index in [1.54, 1.807) is 4.90 Å². The third-order valence-corrected chi connectivity index (χ3v) is 4.64. The number of hydrogen-bond acceptors (Lipinski definition) is 2. The summed E-state index contributed by atoms with van der Waals surface area (Å²) in [7, 11) is 0. The van der Waals surface area contributed by atoms with E-state index in [1.807, 2.05) is 24.3 Å². The van der Waals surface area contributed by atoms with Crippen LogP contribution in [-0.4, -0.2) is 18.4 Å². The van der Waals surface area contributed by atoms with Crippen molar-refractivity contribution in [2.45, 2.75) is 6.42 Å². The lowest BCUT2D eigenvalue weighted by atomic mass is 10.1. The zero-order valence-electron chi connectivity index (χ0n) is 12.4. The van der Waals surface area contributed by atoms with E-state index in [2.05, 4.69) is 21.2 Å². The monoisotopic (exact) mass is 410 g/mol. The number of carbonyl (C=O) groups is 2. The smallest absolute Gasteiger partial charge is 0.229 e. The molecule has 4 nitrogen and oxygen atoms in total. The van der Waals surface area contributed by atoms with E-state index >= 15 is 0 Å². The van der Waals surface area contributed by atoms with Crippen molar-refractivity contribution in [1.82, 2.24) is 0 Å². The van der Waals surface area contributed by atoms with Crippen LogP contribution >= 0.6 is 27.5 Å². The summed E-state index contributed by atoms with van der Waals surface area (Å²) in [5.74, 6) is -1.41. The molecule has 3 rings (SSSR count). The molecular formula is C17H13BrClFN2O2. The van der Waals surface area contributed by atoms with Crippen LogP contribution in [0.1, 0.15) is 6.42 Å². The highest BCUT2D eigenvalue weighted by atomic mass is 79.9. The molecule has 2 aromatic carbocycles. The van der Waals surface area contributed by atoms with Crippen molar-refractivity contribution in [3.8, 4) is 0 Å². The molecule has 0 saturated carbocycles. The van der Waals surface area contributed by atoms with Crippen LogP contribution in [0.4, 0.5) is 15.8 Å². The fourth-order valence-corrected chi connectivity index (χ4v) is 3.02. The van der Waals surface area contributed by atoms with Crippen molar-refractivity contribution in [3.05, 3.63) is 57.8 Å². The molecule has 2 aromatic rings. The SMILES string of the molecule is O=C(Nc1ccc(F)c(Cl)c1)[C@@H]1CC(=O)N(c2ccc(Br)cc2)C1. The zero-order valence-corrected chi connectivity index (χ0v) is 14.8. The van der Waals surface area contributed by atoms with Gasteiger partial charge in [0.2, 0.25) is 11.8 Å². The molecule has 124 valence electrons. The summed E-state index contributed by atoms with van der Waals surface area (Å²) in [5.41, 5.74) is 1.16. The minimum absolute atomic E-state index is 0.0632. The first-order chi connectivity index (χ1) is 11.4. The fourth-order valence-electron chi connectivity index (χ4n) is 2.57. The molecule has 1 fully saturated rings. The summed E-state index contributed by atoms with van der Waals surface area (Å²) in [6, 6.07) is 11.3. The number of anilines is 2. The third kappa shape index (κ3) is 3.60. The normalized spacial score (nSPS) is 17.2. The van der Waals surface area contributed by atoms with Gasteiger partial charge in [0.05, 0.1) is 10.9 Å². The Morgan fingerprint density at radius 3 is 2.62 bits per heavy atom. The van der Waals surface area contributed by atoms with Gasteiger partial charge in [-0.25, -0.2) is 4.39 Å². The van der Waals surface area contributed by atoms with Gasteiger partial charge in [-0.3, -0.25) is 9.59 Å². The molecular weight excluding hydrogens is 399 g/mol. The Hall–Kier alpha value is -1.92. The van der Waals surface area contributed by atoms with Crippen LogP contribution in [0, 0.1) is 11.7 Å². The summed E-state index contributed by atoms with van der Waals surface area (Å²) in [4.78, 5) is 26.1. The zero-order chi connectivity index (χ0) is 17.3. The van der Waals surface area contributed by atoms with Crippen molar-refractivity contribution in [2.75, 3.05) is 16.8 Å². The number of nitrogens with zero attached hydrogens (tertiary/aromatic N) is 1. The maximum Gasteiger partial charge on any atom is 0.229 e. The molecule has 2 amide bonds. The van der Waals surface area contributed by atoms with Gasteiger partial charge >= 0.3 is 0 Å². The number of amides is 2. The third-order valence-electron chi connectivity index (χ3n) is 3.82. The lowest BCUT2D eigenvalue weighted by Gasteiger charge is -2.17. The molecule has 1 N–H and O–H groups in total. The van der Waals surface area contributed by atoms with E-state index in [-0.39, 0.29) is 23.3 Å². The largest absolute Gasteiger partial charge is 0.326 e. The molecule has 1 aliphatic heterocycles. The highest BCUT2D eigenvalue weighted by Crippen LogP contribution is 2.27. The molecule has 1 saturated heterocycles. The number of carbonyl (C=O) groups excluding carboxylic acids is 2. The molecule has 0 unspecified atom stereocenters. The van der Waals surface area contributed by atoms with Crippen LogP contribution in [0.5, 0.6) is 0 Å². The van der Waals surface area contributed by atoms with Gasteiger partial charge in [0, 0.05) is 28.8 Å². The van der Waals surface area contributed by atoms with Crippen molar-refractivity contribution < 1.29 is 14.0 Å². The Bertz CT molecular complexity index is 798. The number of rotatable bonds is 3. The quantitative estimate of drug-likeness (QED) is 0.821. The predicted octanol–water partition coefficient (Wildman–Crippen LogP) is 4.23. The number of halogens is 3. The van der Waals surface area contributed by atoms with Gasteiger partial charge < -0.3 is 10.2 Å². The van der Waals surface area contributed by atoms with Crippen LogP contribution in [0.15, 0.2) is 46.9 Å².